The summed E-state index contributed by atoms with van der Waals surface area (Å²) >= 11 is 0. The third-order valence-corrected chi connectivity index (χ3v) is 3.65. The van der Waals surface area contributed by atoms with Crippen LogP contribution in [-0.4, -0.2) is 26.8 Å². The Morgan fingerprint density at radius 2 is 2.11 bits per heavy atom. The largest absolute Gasteiger partial charge is 0.385 e. The molecule has 1 aliphatic heterocycles. The second kappa shape index (κ2) is 5.31. The molecule has 0 amide bonds. The first-order valence-electron chi connectivity index (χ1n) is 6.85. The summed E-state index contributed by atoms with van der Waals surface area (Å²) in [5.74, 6) is 0. The molecule has 0 radical (unpaired) electrons. The highest BCUT2D eigenvalue weighted by molar-refractivity contribution is 5.58. The molecule has 0 N–H and O–H groups in total. The second-order valence-electron chi connectivity index (χ2n) is 6.24. The number of rotatable bonds is 4. The second-order valence-corrected chi connectivity index (χ2v) is 6.24. The van der Waals surface area contributed by atoms with Gasteiger partial charge in [-0.3, -0.25) is 0 Å². The van der Waals surface area contributed by atoms with Crippen LogP contribution in [0.25, 0.3) is 0 Å². The van der Waals surface area contributed by atoms with Gasteiger partial charge in [0, 0.05) is 32.5 Å². The van der Waals surface area contributed by atoms with Gasteiger partial charge in [-0.25, -0.2) is 0 Å². The number of methoxy groups -OCH3 is 1. The summed E-state index contributed by atoms with van der Waals surface area (Å²) in [6, 6.07) is 6.86. The zero-order valence-corrected chi connectivity index (χ0v) is 12.1. The number of nitrogens with zero attached hydrogens (tertiary/aromatic N) is 1. The molecule has 1 aromatic carbocycles. The minimum atomic E-state index is 0.370. The van der Waals surface area contributed by atoms with Crippen LogP contribution in [0.4, 0.5) is 5.69 Å². The van der Waals surface area contributed by atoms with E-state index < -0.39 is 0 Å². The van der Waals surface area contributed by atoms with Gasteiger partial charge in [0.2, 0.25) is 0 Å². The quantitative estimate of drug-likeness (QED) is 0.756. The fourth-order valence-corrected chi connectivity index (χ4v) is 2.89. The molecule has 0 saturated carbocycles. The fourth-order valence-electron chi connectivity index (χ4n) is 2.89. The molecule has 1 aromatic rings. The molecule has 1 heterocycles. The number of ether oxygens (including phenoxy) is 1. The number of aryl methyl sites for hydroxylation is 1. The lowest BCUT2D eigenvalue weighted by atomic mass is 9.81. The minimum Gasteiger partial charge on any atom is -0.385 e. The van der Waals surface area contributed by atoms with Crippen molar-refractivity contribution in [3.8, 4) is 0 Å². The van der Waals surface area contributed by atoms with Gasteiger partial charge in [-0.15, -0.1) is 0 Å². The van der Waals surface area contributed by atoms with E-state index in [-0.39, 0.29) is 0 Å². The van der Waals surface area contributed by atoms with E-state index in [9.17, 15) is 0 Å². The highest BCUT2D eigenvalue weighted by Gasteiger charge is 2.29. The number of benzene rings is 1. The summed E-state index contributed by atoms with van der Waals surface area (Å²) in [7, 11) is 1.78. The molecule has 2 nitrogen and oxygen atoms in total. The summed E-state index contributed by atoms with van der Waals surface area (Å²) in [5, 5.41) is 0. The van der Waals surface area contributed by atoms with Gasteiger partial charge in [-0.05, 0) is 42.4 Å². The Morgan fingerprint density at radius 3 is 2.83 bits per heavy atom. The summed E-state index contributed by atoms with van der Waals surface area (Å²) < 4.78 is 5.17. The van der Waals surface area contributed by atoms with E-state index in [4.69, 9.17) is 4.74 Å². The first kappa shape index (κ1) is 13.4. The van der Waals surface area contributed by atoms with E-state index in [0.29, 0.717) is 5.41 Å². The summed E-state index contributed by atoms with van der Waals surface area (Å²) in [5.41, 5.74) is 4.65. The maximum Gasteiger partial charge on any atom is 0.0479 e. The molecular weight excluding hydrogens is 222 g/mol. The van der Waals surface area contributed by atoms with E-state index in [2.05, 4.69) is 43.9 Å². The lowest BCUT2D eigenvalue weighted by molar-refractivity contribution is 0.194. The van der Waals surface area contributed by atoms with Crippen LogP contribution < -0.4 is 4.90 Å². The van der Waals surface area contributed by atoms with Crippen LogP contribution in [-0.2, 0) is 11.2 Å². The molecule has 2 rings (SSSR count). The molecule has 0 unspecified atom stereocenters. The predicted molar refractivity (Wildman–Crippen MR) is 77.4 cm³/mol. The van der Waals surface area contributed by atoms with Crippen LogP contribution in [0.2, 0.25) is 0 Å². The van der Waals surface area contributed by atoms with E-state index in [0.717, 1.165) is 26.1 Å². The van der Waals surface area contributed by atoms with Crippen molar-refractivity contribution in [1.82, 2.24) is 0 Å². The zero-order chi connectivity index (χ0) is 13.2. The standard InChI is InChI=1S/C16H25NO/c1-13-6-7-14-11-16(2,3)12-17(15(14)10-13)8-5-9-18-4/h6-7,10H,5,8-9,11-12H2,1-4H3. The average Bonchev–Trinajstić information content (AvgIpc) is 2.29. The first-order valence-corrected chi connectivity index (χ1v) is 6.85. The van der Waals surface area contributed by atoms with Crippen LogP contribution in [0, 0.1) is 12.3 Å². The molecule has 0 bridgehead atoms. The Morgan fingerprint density at radius 1 is 1.33 bits per heavy atom. The highest BCUT2D eigenvalue weighted by atomic mass is 16.5. The highest BCUT2D eigenvalue weighted by Crippen LogP contribution is 2.36. The summed E-state index contributed by atoms with van der Waals surface area (Å²) in [4.78, 5) is 2.53. The molecule has 0 atom stereocenters. The average molecular weight is 247 g/mol. The van der Waals surface area contributed by atoms with Gasteiger partial charge in [0.1, 0.15) is 0 Å². The molecule has 0 spiro atoms. The van der Waals surface area contributed by atoms with Crippen molar-refractivity contribution in [2.75, 3.05) is 31.7 Å². The van der Waals surface area contributed by atoms with Crippen molar-refractivity contribution < 1.29 is 4.74 Å². The Bertz CT molecular complexity index is 412. The monoisotopic (exact) mass is 247 g/mol. The number of anilines is 1. The third kappa shape index (κ3) is 3.05. The van der Waals surface area contributed by atoms with Gasteiger partial charge < -0.3 is 9.64 Å². The summed E-state index contributed by atoms with van der Waals surface area (Å²) in [6.07, 6.45) is 2.28. The van der Waals surface area contributed by atoms with Crippen LogP contribution in [0.5, 0.6) is 0 Å². The van der Waals surface area contributed by atoms with Gasteiger partial charge in [-0.1, -0.05) is 26.0 Å². The van der Waals surface area contributed by atoms with Gasteiger partial charge >= 0.3 is 0 Å². The van der Waals surface area contributed by atoms with Crippen molar-refractivity contribution in [2.45, 2.75) is 33.6 Å². The zero-order valence-electron chi connectivity index (χ0n) is 12.1. The third-order valence-electron chi connectivity index (χ3n) is 3.65. The maximum absolute atomic E-state index is 5.17. The van der Waals surface area contributed by atoms with E-state index >= 15 is 0 Å². The van der Waals surface area contributed by atoms with Crippen LogP contribution in [0.1, 0.15) is 31.4 Å². The Kier molecular flexibility index (Phi) is 3.96. The van der Waals surface area contributed by atoms with Crippen molar-refractivity contribution in [3.63, 3.8) is 0 Å². The van der Waals surface area contributed by atoms with Gasteiger partial charge in [0.25, 0.3) is 0 Å². The molecule has 100 valence electrons. The maximum atomic E-state index is 5.17. The Balaban J connectivity index is 2.21. The van der Waals surface area contributed by atoms with Gasteiger partial charge in [0.05, 0.1) is 0 Å². The van der Waals surface area contributed by atoms with Crippen molar-refractivity contribution in [3.05, 3.63) is 29.3 Å². The smallest absolute Gasteiger partial charge is 0.0479 e. The van der Waals surface area contributed by atoms with Gasteiger partial charge in [0.15, 0.2) is 0 Å². The Labute approximate surface area is 111 Å². The van der Waals surface area contributed by atoms with E-state index in [1.54, 1.807) is 7.11 Å². The topological polar surface area (TPSA) is 12.5 Å². The normalized spacial score (nSPS) is 17.7. The van der Waals surface area contributed by atoms with E-state index in [1.807, 2.05) is 0 Å². The lowest BCUT2D eigenvalue weighted by Crippen LogP contribution is -2.41. The van der Waals surface area contributed by atoms with Crippen LogP contribution >= 0.6 is 0 Å². The molecule has 0 aliphatic carbocycles. The van der Waals surface area contributed by atoms with Crippen molar-refractivity contribution in [2.24, 2.45) is 5.41 Å². The molecule has 0 fully saturated rings. The number of hydrogen-bond acceptors (Lipinski definition) is 2. The lowest BCUT2D eigenvalue weighted by Gasteiger charge is -2.41. The van der Waals surface area contributed by atoms with E-state index in [1.165, 1.54) is 23.2 Å². The first-order chi connectivity index (χ1) is 8.52. The van der Waals surface area contributed by atoms with Crippen LogP contribution in [0.3, 0.4) is 0 Å². The fraction of sp³-hybridized carbons (Fsp3) is 0.625. The predicted octanol–water partition coefficient (Wildman–Crippen LogP) is 3.42. The molecule has 0 saturated heterocycles. The minimum absolute atomic E-state index is 0.370. The molecule has 18 heavy (non-hydrogen) atoms. The number of hydrogen-bond donors (Lipinski definition) is 0. The molecular formula is C16H25NO. The molecule has 2 heteroatoms. The van der Waals surface area contributed by atoms with Crippen molar-refractivity contribution >= 4 is 5.69 Å². The molecule has 0 aromatic heterocycles. The summed E-state index contributed by atoms with van der Waals surface area (Å²) in [6.45, 7) is 9.98. The Hall–Kier alpha value is -1.02. The SMILES string of the molecule is COCCCN1CC(C)(C)Cc2ccc(C)cc21. The van der Waals surface area contributed by atoms with Gasteiger partial charge in [-0.2, -0.15) is 0 Å². The van der Waals surface area contributed by atoms with Crippen LogP contribution in [0.15, 0.2) is 18.2 Å². The molecule has 1 aliphatic rings. The number of fused-ring (bicyclic) bond motifs is 1. The van der Waals surface area contributed by atoms with Crippen molar-refractivity contribution in [1.29, 1.82) is 0 Å².